The van der Waals surface area contributed by atoms with Gasteiger partial charge in [-0.25, -0.2) is 0 Å². The molecule has 0 spiro atoms. The van der Waals surface area contributed by atoms with Crippen LogP contribution in [0.2, 0.25) is 0 Å². The minimum absolute atomic E-state index is 0.0846. The Morgan fingerprint density at radius 3 is 2.26 bits per heavy atom. The lowest BCUT2D eigenvalue weighted by Crippen LogP contribution is -2.32. The van der Waals surface area contributed by atoms with Crippen LogP contribution in [0.25, 0.3) is 0 Å². The number of benzene rings is 2. The monoisotopic (exact) mass is 422 g/mol. The van der Waals surface area contributed by atoms with Crippen molar-refractivity contribution < 1.29 is 9.59 Å². The molecule has 2 amide bonds. The lowest BCUT2D eigenvalue weighted by molar-refractivity contribution is 0.0940. The Kier molecular flexibility index (Phi) is 6.15. The van der Waals surface area contributed by atoms with Crippen LogP contribution in [0.15, 0.2) is 48.5 Å². The van der Waals surface area contributed by atoms with Crippen molar-refractivity contribution in [1.29, 1.82) is 0 Å². The third kappa shape index (κ3) is 4.54. The lowest BCUT2D eigenvalue weighted by atomic mass is 10.1. The Bertz CT molecular complexity index is 716. The number of halogens is 1. The Balaban J connectivity index is 2.22. The number of rotatable bonds is 5. The topological polar surface area (TPSA) is 58.2 Å². The van der Waals surface area contributed by atoms with Gasteiger partial charge in [0.05, 0.1) is 16.8 Å². The molecule has 0 aliphatic carbocycles. The standard InChI is InChI=1S/C18H19IN2O2/c1-3-12(2)20-18(23)14-9-5-7-11-16(14)21-17(22)13-8-4-6-10-15(13)19/h4-12H,3H2,1-2H3,(H,20,23)(H,21,22). The number of carbonyl (C=O) groups is 2. The van der Waals surface area contributed by atoms with Gasteiger partial charge in [0.25, 0.3) is 11.8 Å². The van der Waals surface area contributed by atoms with E-state index in [4.69, 9.17) is 0 Å². The molecule has 0 aromatic heterocycles. The Hall–Kier alpha value is -1.89. The van der Waals surface area contributed by atoms with Gasteiger partial charge in [-0.2, -0.15) is 0 Å². The predicted octanol–water partition coefficient (Wildman–Crippen LogP) is 4.07. The molecule has 0 aliphatic rings. The van der Waals surface area contributed by atoms with Gasteiger partial charge in [-0.05, 0) is 60.2 Å². The highest BCUT2D eigenvalue weighted by atomic mass is 127. The molecule has 2 aromatic rings. The molecule has 0 bridgehead atoms. The van der Waals surface area contributed by atoms with Gasteiger partial charge in [-0.15, -0.1) is 0 Å². The summed E-state index contributed by atoms with van der Waals surface area (Å²) in [6.45, 7) is 3.96. The zero-order valence-electron chi connectivity index (χ0n) is 13.1. The second-order valence-corrected chi connectivity index (χ2v) is 6.42. The average molecular weight is 422 g/mol. The van der Waals surface area contributed by atoms with E-state index in [2.05, 4.69) is 33.2 Å². The predicted molar refractivity (Wildman–Crippen MR) is 101 cm³/mol. The van der Waals surface area contributed by atoms with Crippen LogP contribution in [0.5, 0.6) is 0 Å². The van der Waals surface area contributed by atoms with E-state index >= 15 is 0 Å². The Morgan fingerprint density at radius 2 is 1.61 bits per heavy atom. The molecule has 5 heteroatoms. The molecule has 0 saturated carbocycles. The fourth-order valence-electron chi connectivity index (χ4n) is 2.03. The summed E-state index contributed by atoms with van der Waals surface area (Å²) in [6.07, 6.45) is 0.850. The number of amides is 2. The molecule has 0 radical (unpaired) electrons. The summed E-state index contributed by atoms with van der Waals surface area (Å²) in [5.41, 5.74) is 1.57. The molecule has 2 rings (SSSR count). The van der Waals surface area contributed by atoms with Crippen LogP contribution < -0.4 is 10.6 Å². The van der Waals surface area contributed by atoms with Crippen LogP contribution in [0.4, 0.5) is 5.69 Å². The van der Waals surface area contributed by atoms with Crippen LogP contribution >= 0.6 is 22.6 Å². The molecular weight excluding hydrogens is 403 g/mol. The smallest absolute Gasteiger partial charge is 0.256 e. The van der Waals surface area contributed by atoms with Gasteiger partial charge >= 0.3 is 0 Å². The van der Waals surface area contributed by atoms with E-state index in [0.29, 0.717) is 16.8 Å². The molecule has 120 valence electrons. The van der Waals surface area contributed by atoms with Crippen molar-refractivity contribution >= 4 is 40.1 Å². The number of anilines is 1. The van der Waals surface area contributed by atoms with Gasteiger partial charge in [-0.1, -0.05) is 31.2 Å². The van der Waals surface area contributed by atoms with Gasteiger partial charge in [0.1, 0.15) is 0 Å². The third-order valence-electron chi connectivity index (χ3n) is 3.53. The van der Waals surface area contributed by atoms with Gasteiger partial charge < -0.3 is 10.6 Å². The first-order chi connectivity index (χ1) is 11.0. The minimum Gasteiger partial charge on any atom is -0.350 e. The number of para-hydroxylation sites is 1. The molecule has 1 unspecified atom stereocenters. The maximum absolute atomic E-state index is 12.4. The van der Waals surface area contributed by atoms with E-state index in [0.717, 1.165) is 9.99 Å². The van der Waals surface area contributed by atoms with Crippen molar-refractivity contribution in [1.82, 2.24) is 5.32 Å². The molecule has 1 atom stereocenters. The lowest BCUT2D eigenvalue weighted by Gasteiger charge is -2.15. The van der Waals surface area contributed by atoms with Crippen LogP contribution in [-0.2, 0) is 0 Å². The summed E-state index contributed by atoms with van der Waals surface area (Å²) in [6, 6.07) is 14.4. The molecule has 23 heavy (non-hydrogen) atoms. The van der Waals surface area contributed by atoms with E-state index in [1.165, 1.54) is 0 Å². The quantitative estimate of drug-likeness (QED) is 0.714. The summed E-state index contributed by atoms with van der Waals surface area (Å²) in [7, 11) is 0. The van der Waals surface area contributed by atoms with Crippen LogP contribution in [0, 0.1) is 3.57 Å². The van der Waals surface area contributed by atoms with Crippen LogP contribution in [0.3, 0.4) is 0 Å². The molecular formula is C18H19IN2O2. The van der Waals surface area contributed by atoms with Crippen molar-refractivity contribution in [2.24, 2.45) is 0 Å². The summed E-state index contributed by atoms with van der Waals surface area (Å²) in [5.74, 6) is -0.406. The van der Waals surface area contributed by atoms with Gasteiger partial charge in [0.2, 0.25) is 0 Å². The number of nitrogens with one attached hydrogen (secondary N) is 2. The van der Waals surface area contributed by atoms with Crippen molar-refractivity contribution in [3.8, 4) is 0 Å². The van der Waals surface area contributed by atoms with E-state index < -0.39 is 0 Å². The summed E-state index contributed by atoms with van der Waals surface area (Å²) >= 11 is 2.12. The highest BCUT2D eigenvalue weighted by molar-refractivity contribution is 14.1. The van der Waals surface area contributed by atoms with E-state index in [1.54, 1.807) is 30.3 Å². The summed E-state index contributed by atoms with van der Waals surface area (Å²) < 4.78 is 0.865. The zero-order chi connectivity index (χ0) is 16.8. The number of hydrogen-bond donors (Lipinski definition) is 2. The first kappa shape index (κ1) is 17.5. The maximum atomic E-state index is 12.4. The molecule has 0 saturated heterocycles. The zero-order valence-corrected chi connectivity index (χ0v) is 15.3. The fraction of sp³-hybridized carbons (Fsp3) is 0.222. The van der Waals surface area contributed by atoms with Crippen molar-refractivity contribution in [3.63, 3.8) is 0 Å². The minimum atomic E-state index is -0.223. The van der Waals surface area contributed by atoms with Gasteiger partial charge in [0.15, 0.2) is 0 Å². The van der Waals surface area contributed by atoms with Crippen LogP contribution in [0.1, 0.15) is 41.0 Å². The molecule has 0 heterocycles. The second kappa shape index (κ2) is 8.10. The highest BCUT2D eigenvalue weighted by Crippen LogP contribution is 2.18. The maximum Gasteiger partial charge on any atom is 0.256 e. The summed E-state index contributed by atoms with van der Waals surface area (Å²) in [5, 5.41) is 5.75. The summed E-state index contributed by atoms with van der Waals surface area (Å²) in [4.78, 5) is 24.8. The molecule has 0 fully saturated rings. The van der Waals surface area contributed by atoms with Gasteiger partial charge in [0, 0.05) is 9.61 Å². The SMILES string of the molecule is CCC(C)NC(=O)c1ccccc1NC(=O)c1ccccc1I. The molecule has 4 nitrogen and oxygen atoms in total. The van der Waals surface area contributed by atoms with E-state index in [1.807, 2.05) is 32.0 Å². The largest absolute Gasteiger partial charge is 0.350 e. The highest BCUT2D eigenvalue weighted by Gasteiger charge is 2.16. The number of carbonyl (C=O) groups excluding carboxylic acids is 2. The Morgan fingerprint density at radius 1 is 1.00 bits per heavy atom. The van der Waals surface area contributed by atoms with Crippen molar-refractivity contribution in [2.75, 3.05) is 5.32 Å². The van der Waals surface area contributed by atoms with E-state index in [-0.39, 0.29) is 17.9 Å². The molecule has 2 aromatic carbocycles. The third-order valence-corrected chi connectivity index (χ3v) is 4.47. The molecule has 2 N–H and O–H groups in total. The second-order valence-electron chi connectivity index (χ2n) is 5.26. The molecule has 0 aliphatic heterocycles. The van der Waals surface area contributed by atoms with Crippen molar-refractivity contribution in [3.05, 3.63) is 63.2 Å². The number of hydrogen-bond acceptors (Lipinski definition) is 2. The van der Waals surface area contributed by atoms with Gasteiger partial charge in [-0.3, -0.25) is 9.59 Å². The first-order valence-electron chi connectivity index (χ1n) is 7.48. The first-order valence-corrected chi connectivity index (χ1v) is 8.56. The van der Waals surface area contributed by atoms with E-state index in [9.17, 15) is 9.59 Å². The fourth-order valence-corrected chi connectivity index (χ4v) is 2.66. The van der Waals surface area contributed by atoms with Crippen molar-refractivity contribution in [2.45, 2.75) is 26.3 Å². The normalized spacial score (nSPS) is 11.6. The van der Waals surface area contributed by atoms with Crippen LogP contribution in [-0.4, -0.2) is 17.9 Å². The average Bonchev–Trinajstić information content (AvgIpc) is 2.55. The Labute approximate surface area is 149 Å².